The van der Waals surface area contributed by atoms with Gasteiger partial charge in [0.1, 0.15) is 0 Å². The first kappa shape index (κ1) is 15.3. The molecule has 0 unspecified atom stereocenters. The molecular formula is C17H15N5O3. The molecule has 1 aromatic heterocycles. The van der Waals surface area contributed by atoms with Crippen molar-refractivity contribution in [2.45, 2.75) is 6.42 Å². The molecule has 0 radical (unpaired) electrons. The van der Waals surface area contributed by atoms with Crippen LogP contribution in [0.15, 0.2) is 41.7 Å². The van der Waals surface area contributed by atoms with E-state index in [0.29, 0.717) is 17.9 Å². The van der Waals surface area contributed by atoms with E-state index in [9.17, 15) is 9.59 Å². The molecule has 2 aromatic rings. The van der Waals surface area contributed by atoms with Gasteiger partial charge < -0.3 is 9.64 Å². The number of carbonyl (C=O) groups excluding carboxylic acids is 2. The summed E-state index contributed by atoms with van der Waals surface area (Å²) >= 11 is 0. The number of cyclic esters (lactones) is 1. The van der Waals surface area contributed by atoms with E-state index in [-0.39, 0.29) is 17.6 Å². The summed E-state index contributed by atoms with van der Waals surface area (Å²) in [5.74, 6) is -0.421. The second-order valence-electron chi connectivity index (χ2n) is 5.79. The van der Waals surface area contributed by atoms with Crippen LogP contribution in [0.3, 0.4) is 0 Å². The van der Waals surface area contributed by atoms with Crippen molar-refractivity contribution >= 4 is 29.3 Å². The van der Waals surface area contributed by atoms with Crippen molar-refractivity contribution in [1.82, 2.24) is 14.9 Å². The van der Waals surface area contributed by atoms with Crippen LogP contribution in [0.25, 0.3) is 0 Å². The smallest absolute Gasteiger partial charge is 0.366 e. The van der Waals surface area contributed by atoms with Crippen LogP contribution in [-0.4, -0.2) is 52.9 Å². The van der Waals surface area contributed by atoms with E-state index in [1.54, 1.807) is 29.0 Å². The fourth-order valence-corrected chi connectivity index (χ4v) is 2.83. The summed E-state index contributed by atoms with van der Waals surface area (Å²) in [6, 6.07) is 7.17. The number of hydrogen-bond acceptors (Lipinski definition) is 6. The molecular weight excluding hydrogens is 322 g/mol. The number of nitrogens with zero attached hydrogens (tertiary/aromatic N) is 5. The summed E-state index contributed by atoms with van der Waals surface area (Å²) in [7, 11) is 1.79. The molecule has 2 aliphatic heterocycles. The first-order valence-electron chi connectivity index (χ1n) is 7.88. The van der Waals surface area contributed by atoms with Gasteiger partial charge in [0.25, 0.3) is 5.90 Å². The molecule has 0 atom stereocenters. The number of benzene rings is 1. The maximum Gasteiger partial charge on any atom is 0.366 e. The average molecular weight is 337 g/mol. The van der Waals surface area contributed by atoms with E-state index in [0.717, 1.165) is 18.7 Å². The normalized spacial score (nSPS) is 18.5. The molecule has 0 spiro atoms. The lowest BCUT2D eigenvalue weighted by Gasteiger charge is -2.33. The summed E-state index contributed by atoms with van der Waals surface area (Å²) < 4.78 is 5.13. The fraction of sp³-hybridized carbons (Fsp3) is 0.235. The van der Waals surface area contributed by atoms with E-state index in [1.165, 1.54) is 12.4 Å². The Morgan fingerprint density at radius 3 is 2.52 bits per heavy atom. The first-order valence-corrected chi connectivity index (χ1v) is 7.88. The molecule has 0 saturated carbocycles. The van der Waals surface area contributed by atoms with Gasteiger partial charge in [-0.25, -0.2) is 24.5 Å². The molecule has 1 aromatic carbocycles. The molecule has 1 fully saturated rings. The SMILES string of the molecule is CN1CCCN(c2ccc(/N=C3\OC(=O)c4nccnc43)cc2)C1=O. The highest BCUT2D eigenvalue weighted by Crippen LogP contribution is 2.25. The second kappa shape index (κ2) is 5.97. The van der Waals surface area contributed by atoms with Gasteiger partial charge in [0.05, 0.1) is 5.69 Å². The van der Waals surface area contributed by atoms with Crippen LogP contribution in [0.2, 0.25) is 0 Å². The molecule has 0 aliphatic carbocycles. The highest BCUT2D eigenvalue weighted by Gasteiger charge is 2.31. The van der Waals surface area contributed by atoms with Gasteiger partial charge in [-0.1, -0.05) is 0 Å². The van der Waals surface area contributed by atoms with E-state index in [4.69, 9.17) is 4.74 Å². The van der Waals surface area contributed by atoms with Crippen LogP contribution in [0.4, 0.5) is 16.2 Å². The predicted molar refractivity (Wildman–Crippen MR) is 90.1 cm³/mol. The predicted octanol–water partition coefficient (Wildman–Crippen LogP) is 1.99. The lowest BCUT2D eigenvalue weighted by atomic mass is 10.2. The van der Waals surface area contributed by atoms with E-state index in [2.05, 4.69) is 15.0 Å². The molecule has 25 heavy (non-hydrogen) atoms. The molecule has 2 amide bonds. The molecule has 126 valence electrons. The van der Waals surface area contributed by atoms with E-state index >= 15 is 0 Å². The van der Waals surface area contributed by atoms with Crippen LogP contribution < -0.4 is 4.90 Å². The monoisotopic (exact) mass is 337 g/mol. The maximum atomic E-state index is 12.2. The quantitative estimate of drug-likeness (QED) is 0.782. The number of urea groups is 1. The summed E-state index contributed by atoms with van der Waals surface area (Å²) in [6.07, 6.45) is 3.85. The van der Waals surface area contributed by atoms with Gasteiger partial charge >= 0.3 is 12.0 Å². The van der Waals surface area contributed by atoms with Gasteiger partial charge in [0.15, 0.2) is 11.4 Å². The van der Waals surface area contributed by atoms with Gasteiger partial charge in [-0.3, -0.25) is 4.90 Å². The van der Waals surface area contributed by atoms with Crippen molar-refractivity contribution in [3.63, 3.8) is 0 Å². The molecule has 1 saturated heterocycles. The number of anilines is 1. The summed E-state index contributed by atoms with van der Waals surface area (Å²) in [5.41, 5.74) is 1.91. The molecule has 2 aliphatic rings. The fourth-order valence-electron chi connectivity index (χ4n) is 2.83. The molecule has 0 N–H and O–H groups in total. The van der Waals surface area contributed by atoms with Gasteiger partial charge in [-0.2, -0.15) is 0 Å². The number of ether oxygens (including phenoxy) is 1. The van der Waals surface area contributed by atoms with Crippen molar-refractivity contribution in [3.8, 4) is 0 Å². The molecule has 0 bridgehead atoms. The van der Waals surface area contributed by atoms with Crippen LogP contribution in [-0.2, 0) is 4.74 Å². The second-order valence-corrected chi connectivity index (χ2v) is 5.79. The summed E-state index contributed by atoms with van der Waals surface area (Å²) in [5, 5.41) is 0. The third kappa shape index (κ3) is 2.71. The summed E-state index contributed by atoms with van der Waals surface area (Å²) in [6.45, 7) is 1.46. The van der Waals surface area contributed by atoms with Crippen LogP contribution in [0, 0.1) is 0 Å². The Kier molecular flexibility index (Phi) is 3.64. The molecule has 3 heterocycles. The van der Waals surface area contributed by atoms with Crippen LogP contribution >= 0.6 is 0 Å². The number of hydrogen-bond donors (Lipinski definition) is 0. The highest BCUT2D eigenvalue weighted by molar-refractivity contribution is 6.15. The largest absolute Gasteiger partial charge is 0.400 e. The number of aliphatic imine (C=N–C) groups is 1. The topological polar surface area (TPSA) is 88.0 Å². The van der Waals surface area contributed by atoms with Crippen molar-refractivity contribution in [3.05, 3.63) is 48.0 Å². The summed E-state index contributed by atoms with van der Waals surface area (Å²) in [4.78, 5) is 39.8. The Labute approximate surface area is 143 Å². The van der Waals surface area contributed by atoms with Crippen molar-refractivity contribution in [1.29, 1.82) is 0 Å². The Bertz CT molecular complexity index is 878. The lowest BCUT2D eigenvalue weighted by Crippen LogP contribution is -2.47. The third-order valence-corrected chi connectivity index (χ3v) is 4.11. The highest BCUT2D eigenvalue weighted by atomic mass is 16.5. The minimum Gasteiger partial charge on any atom is -0.400 e. The number of rotatable bonds is 2. The number of fused-ring (bicyclic) bond motifs is 1. The number of amides is 2. The van der Waals surface area contributed by atoms with Crippen LogP contribution in [0.5, 0.6) is 0 Å². The standard InChI is InChI=1S/C17H15N5O3/c1-21-9-2-10-22(17(21)24)12-5-3-11(4-6-12)20-15-13-14(16(23)25-15)19-8-7-18-13/h3-8H,2,9-10H2,1H3/b20-15-. The number of esters is 1. The maximum absolute atomic E-state index is 12.2. The zero-order valence-electron chi connectivity index (χ0n) is 13.5. The lowest BCUT2D eigenvalue weighted by molar-refractivity contribution is 0.0732. The Morgan fingerprint density at radius 2 is 1.76 bits per heavy atom. The van der Waals surface area contributed by atoms with Crippen molar-refractivity contribution in [2.75, 3.05) is 25.0 Å². The van der Waals surface area contributed by atoms with E-state index < -0.39 is 5.97 Å². The zero-order valence-corrected chi connectivity index (χ0v) is 13.5. The minimum atomic E-state index is -0.555. The number of carbonyl (C=O) groups is 2. The van der Waals surface area contributed by atoms with Crippen LogP contribution in [0.1, 0.15) is 22.6 Å². The Morgan fingerprint density at radius 1 is 1.04 bits per heavy atom. The van der Waals surface area contributed by atoms with Gasteiger partial charge in [0, 0.05) is 38.2 Å². The van der Waals surface area contributed by atoms with E-state index in [1.807, 2.05) is 12.1 Å². The Balaban J connectivity index is 1.59. The zero-order chi connectivity index (χ0) is 17.4. The average Bonchev–Trinajstić information content (AvgIpc) is 2.94. The van der Waals surface area contributed by atoms with Gasteiger partial charge in [0.2, 0.25) is 0 Å². The third-order valence-electron chi connectivity index (χ3n) is 4.11. The van der Waals surface area contributed by atoms with Crippen molar-refractivity contribution < 1.29 is 14.3 Å². The van der Waals surface area contributed by atoms with Crippen molar-refractivity contribution in [2.24, 2.45) is 4.99 Å². The first-order chi connectivity index (χ1) is 12.1. The molecule has 8 heteroatoms. The molecule has 4 rings (SSSR count). The number of aromatic nitrogens is 2. The minimum absolute atomic E-state index is 0.0146. The van der Waals surface area contributed by atoms with Gasteiger partial charge in [-0.15, -0.1) is 0 Å². The Hall–Kier alpha value is -3.29. The molecule has 8 nitrogen and oxygen atoms in total. The van der Waals surface area contributed by atoms with Gasteiger partial charge in [-0.05, 0) is 30.7 Å².